The van der Waals surface area contributed by atoms with Gasteiger partial charge in [-0.1, -0.05) is 33.6 Å². The maximum absolute atomic E-state index is 5.61. The van der Waals surface area contributed by atoms with Crippen molar-refractivity contribution < 1.29 is 4.74 Å². The number of nitrogens with one attached hydrogen (secondary N) is 1. The van der Waals surface area contributed by atoms with Gasteiger partial charge in [0.15, 0.2) is 0 Å². The summed E-state index contributed by atoms with van der Waals surface area (Å²) in [5, 5.41) is 3.65. The van der Waals surface area contributed by atoms with Crippen molar-refractivity contribution in [2.75, 3.05) is 19.8 Å². The van der Waals surface area contributed by atoms with Gasteiger partial charge >= 0.3 is 0 Å². The monoisotopic (exact) mass is 227 g/mol. The Labute approximate surface area is 101 Å². The van der Waals surface area contributed by atoms with Crippen molar-refractivity contribution in [3.63, 3.8) is 0 Å². The second-order valence-corrected chi connectivity index (χ2v) is 5.45. The average Bonchev–Trinajstić information content (AvgIpc) is 2.70. The maximum Gasteiger partial charge on any atom is 0.0591 e. The van der Waals surface area contributed by atoms with Crippen LogP contribution in [-0.4, -0.2) is 25.8 Å². The van der Waals surface area contributed by atoms with Gasteiger partial charge in [-0.25, -0.2) is 0 Å². The third-order valence-corrected chi connectivity index (χ3v) is 3.68. The summed E-state index contributed by atoms with van der Waals surface area (Å²) in [5.74, 6) is 1.67. The Morgan fingerprint density at radius 2 is 2.06 bits per heavy atom. The lowest BCUT2D eigenvalue weighted by Crippen LogP contribution is -2.34. The maximum atomic E-state index is 5.61. The molecule has 0 heterocycles. The Morgan fingerprint density at radius 1 is 1.25 bits per heavy atom. The second kappa shape index (κ2) is 8.08. The van der Waals surface area contributed by atoms with Crippen molar-refractivity contribution in [1.82, 2.24) is 5.32 Å². The Kier molecular flexibility index (Phi) is 7.06. The molecule has 1 aliphatic rings. The van der Waals surface area contributed by atoms with Crippen LogP contribution in [0.2, 0.25) is 0 Å². The zero-order valence-electron chi connectivity index (χ0n) is 11.3. The van der Waals surface area contributed by atoms with Gasteiger partial charge in [0, 0.05) is 19.2 Å². The molecule has 1 fully saturated rings. The van der Waals surface area contributed by atoms with E-state index in [-0.39, 0.29) is 0 Å². The summed E-state index contributed by atoms with van der Waals surface area (Å²) in [5.41, 5.74) is 0. The van der Waals surface area contributed by atoms with Crippen molar-refractivity contribution in [2.45, 2.75) is 58.9 Å². The minimum atomic E-state index is 0.757. The van der Waals surface area contributed by atoms with Crippen LogP contribution in [0.25, 0.3) is 0 Å². The lowest BCUT2D eigenvalue weighted by atomic mass is 10.0. The number of ether oxygens (including phenoxy) is 1. The van der Waals surface area contributed by atoms with Gasteiger partial charge in [0.05, 0.1) is 6.61 Å². The van der Waals surface area contributed by atoms with E-state index < -0.39 is 0 Å². The van der Waals surface area contributed by atoms with Gasteiger partial charge in [-0.15, -0.1) is 0 Å². The van der Waals surface area contributed by atoms with Crippen LogP contribution in [0, 0.1) is 11.8 Å². The van der Waals surface area contributed by atoms with E-state index in [2.05, 4.69) is 26.1 Å². The molecule has 16 heavy (non-hydrogen) atoms. The van der Waals surface area contributed by atoms with Crippen LogP contribution in [0.15, 0.2) is 0 Å². The largest absolute Gasteiger partial charge is 0.380 e. The minimum Gasteiger partial charge on any atom is -0.380 e. The minimum absolute atomic E-state index is 0.757. The zero-order chi connectivity index (χ0) is 11.8. The first kappa shape index (κ1) is 14.0. The molecule has 0 amide bonds. The highest BCUT2D eigenvalue weighted by molar-refractivity contribution is 4.81. The molecule has 1 aliphatic carbocycles. The van der Waals surface area contributed by atoms with Gasteiger partial charge < -0.3 is 10.1 Å². The third-order valence-electron chi connectivity index (χ3n) is 3.68. The Balaban J connectivity index is 1.94. The first-order chi connectivity index (χ1) is 7.74. The van der Waals surface area contributed by atoms with Gasteiger partial charge in [-0.2, -0.15) is 0 Å². The first-order valence-electron chi connectivity index (χ1n) is 7.05. The second-order valence-electron chi connectivity index (χ2n) is 5.45. The zero-order valence-corrected chi connectivity index (χ0v) is 11.3. The fraction of sp³-hybridized carbons (Fsp3) is 1.00. The molecule has 1 saturated carbocycles. The number of hydrogen-bond donors (Lipinski definition) is 1. The smallest absolute Gasteiger partial charge is 0.0591 e. The average molecular weight is 227 g/mol. The molecule has 0 saturated heterocycles. The van der Waals surface area contributed by atoms with Gasteiger partial charge in [-0.3, -0.25) is 0 Å². The van der Waals surface area contributed by atoms with Crippen molar-refractivity contribution >= 4 is 0 Å². The standard InChI is InChI=1S/C14H29NO/c1-4-13-6-5-7-14(13)15-9-11-16-10-8-12(2)3/h12-15H,4-11H2,1-3H3. The summed E-state index contributed by atoms with van der Waals surface area (Å²) in [6, 6.07) is 0.763. The highest BCUT2D eigenvalue weighted by Crippen LogP contribution is 2.27. The molecule has 2 unspecified atom stereocenters. The quantitative estimate of drug-likeness (QED) is 0.643. The van der Waals surface area contributed by atoms with E-state index in [4.69, 9.17) is 4.74 Å². The fourth-order valence-corrected chi connectivity index (χ4v) is 2.53. The molecule has 0 aromatic carbocycles. The summed E-state index contributed by atoms with van der Waals surface area (Å²) in [7, 11) is 0. The Morgan fingerprint density at radius 3 is 2.75 bits per heavy atom. The molecule has 2 nitrogen and oxygen atoms in total. The normalized spacial score (nSPS) is 25.5. The fourth-order valence-electron chi connectivity index (χ4n) is 2.53. The predicted molar refractivity (Wildman–Crippen MR) is 69.7 cm³/mol. The Bertz CT molecular complexity index is 170. The van der Waals surface area contributed by atoms with Crippen LogP contribution in [0.5, 0.6) is 0 Å². The molecular weight excluding hydrogens is 198 g/mol. The SMILES string of the molecule is CCC1CCCC1NCCOCCC(C)C. The molecule has 1 rings (SSSR count). The van der Waals surface area contributed by atoms with E-state index in [1.807, 2.05) is 0 Å². The van der Waals surface area contributed by atoms with E-state index >= 15 is 0 Å². The van der Waals surface area contributed by atoms with Gasteiger partial charge in [0.1, 0.15) is 0 Å². The van der Waals surface area contributed by atoms with Crippen molar-refractivity contribution in [3.8, 4) is 0 Å². The summed E-state index contributed by atoms with van der Waals surface area (Å²) in [6.07, 6.45) is 6.70. The van der Waals surface area contributed by atoms with Crippen LogP contribution in [0.1, 0.15) is 52.9 Å². The first-order valence-corrected chi connectivity index (χ1v) is 7.05. The van der Waals surface area contributed by atoms with E-state index in [0.29, 0.717) is 0 Å². The third kappa shape index (κ3) is 5.31. The van der Waals surface area contributed by atoms with Crippen LogP contribution < -0.4 is 5.32 Å². The lowest BCUT2D eigenvalue weighted by Gasteiger charge is -2.19. The van der Waals surface area contributed by atoms with Crippen LogP contribution in [0.3, 0.4) is 0 Å². The summed E-state index contributed by atoms with van der Waals surface area (Å²) in [6.45, 7) is 9.61. The van der Waals surface area contributed by atoms with E-state index in [1.54, 1.807) is 0 Å². The molecule has 0 radical (unpaired) electrons. The molecule has 0 bridgehead atoms. The van der Waals surface area contributed by atoms with Crippen molar-refractivity contribution in [3.05, 3.63) is 0 Å². The molecule has 0 aromatic heterocycles. The molecule has 96 valence electrons. The van der Waals surface area contributed by atoms with Crippen LogP contribution >= 0.6 is 0 Å². The summed E-state index contributed by atoms with van der Waals surface area (Å²) in [4.78, 5) is 0. The van der Waals surface area contributed by atoms with Gasteiger partial charge in [0.25, 0.3) is 0 Å². The van der Waals surface area contributed by atoms with E-state index in [0.717, 1.165) is 37.6 Å². The molecule has 2 atom stereocenters. The molecule has 1 N–H and O–H groups in total. The predicted octanol–water partition coefficient (Wildman–Crippen LogP) is 3.22. The highest BCUT2D eigenvalue weighted by Gasteiger charge is 2.24. The van der Waals surface area contributed by atoms with Crippen LogP contribution in [0.4, 0.5) is 0 Å². The molecule has 0 spiro atoms. The van der Waals surface area contributed by atoms with E-state index in [9.17, 15) is 0 Å². The highest BCUT2D eigenvalue weighted by atomic mass is 16.5. The number of hydrogen-bond acceptors (Lipinski definition) is 2. The molecule has 2 heteroatoms. The van der Waals surface area contributed by atoms with Gasteiger partial charge in [-0.05, 0) is 31.1 Å². The molecule has 0 aromatic rings. The summed E-state index contributed by atoms with van der Waals surface area (Å²) >= 11 is 0. The van der Waals surface area contributed by atoms with Crippen LogP contribution in [-0.2, 0) is 4.74 Å². The van der Waals surface area contributed by atoms with Crippen molar-refractivity contribution in [2.24, 2.45) is 11.8 Å². The number of rotatable bonds is 8. The topological polar surface area (TPSA) is 21.3 Å². The molecular formula is C14H29NO. The van der Waals surface area contributed by atoms with E-state index in [1.165, 1.54) is 32.1 Å². The van der Waals surface area contributed by atoms with Gasteiger partial charge in [0.2, 0.25) is 0 Å². The summed E-state index contributed by atoms with van der Waals surface area (Å²) < 4.78 is 5.61. The van der Waals surface area contributed by atoms with Crippen molar-refractivity contribution in [1.29, 1.82) is 0 Å². The molecule has 0 aliphatic heterocycles. The lowest BCUT2D eigenvalue weighted by molar-refractivity contribution is 0.122. The Hall–Kier alpha value is -0.0800.